The third-order valence-corrected chi connectivity index (χ3v) is 4.32. The summed E-state index contributed by atoms with van der Waals surface area (Å²) < 4.78 is 34.0. The maximum Gasteiger partial charge on any atom is 0.233 e. The summed E-state index contributed by atoms with van der Waals surface area (Å²) >= 11 is 0. The first-order valence-corrected chi connectivity index (χ1v) is 6.09. The van der Waals surface area contributed by atoms with E-state index in [1.807, 2.05) is 0 Å². The molecule has 96 valence electrons. The lowest BCUT2D eigenvalue weighted by Gasteiger charge is -2.55. The van der Waals surface area contributed by atoms with E-state index in [0.717, 1.165) is 12.8 Å². The van der Waals surface area contributed by atoms with Crippen molar-refractivity contribution in [2.24, 2.45) is 11.8 Å². The summed E-state index contributed by atoms with van der Waals surface area (Å²) in [6, 6.07) is 0. The minimum Gasteiger partial charge on any atom is -0.355 e. The maximum atomic E-state index is 5.80. The zero-order valence-corrected chi connectivity index (χ0v) is 9.55. The average Bonchev–Trinajstić information content (AvgIpc) is 2.74. The molecule has 0 unspecified atom stereocenters. The van der Waals surface area contributed by atoms with E-state index < -0.39 is 11.6 Å². The molecule has 1 aliphatic carbocycles. The van der Waals surface area contributed by atoms with Crippen molar-refractivity contribution in [3.8, 4) is 0 Å². The molecule has 0 N–H and O–H groups in total. The molecule has 0 aromatic heterocycles. The lowest BCUT2D eigenvalue weighted by molar-refractivity contribution is -0.444. The van der Waals surface area contributed by atoms with Gasteiger partial charge < -0.3 is 28.4 Å². The molecule has 3 saturated heterocycles. The lowest BCUT2D eigenvalue weighted by Crippen LogP contribution is -2.70. The van der Waals surface area contributed by atoms with Gasteiger partial charge in [-0.2, -0.15) is 0 Å². The zero-order valence-electron chi connectivity index (χ0n) is 9.55. The normalized spacial score (nSPS) is 53.6. The van der Waals surface area contributed by atoms with Crippen LogP contribution in [0.25, 0.3) is 0 Å². The predicted octanol–water partition coefficient (Wildman–Crippen LogP) is 0.418. The Balaban J connectivity index is 1.77. The minimum absolute atomic E-state index is 0.174. The molecule has 0 aromatic rings. The van der Waals surface area contributed by atoms with Crippen LogP contribution in [0.1, 0.15) is 12.8 Å². The Labute approximate surface area is 99.0 Å². The van der Waals surface area contributed by atoms with Crippen molar-refractivity contribution in [1.29, 1.82) is 0 Å². The SMILES string of the molecule is C1OC[C@H]2CC[C@H]3COCO[C@]34OCO[C@]24O1. The number of hydrogen-bond donors (Lipinski definition) is 0. The molecule has 4 atom stereocenters. The van der Waals surface area contributed by atoms with Crippen molar-refractivity contribution in [3.05, 3.63) is 0 Å². The van der Waals surface area contributed by atoms with Gasteiger partial charge in [0.1, 0.15) is 13.6 Å². The van der Waals surface area contributed by atoms with Gasteiger partial charge in [-0.1, -0.05) is 0 Å². The topological polar surface area (TPSA) is 55.4 Å². The standard InChI is InChI=1S/C11H16O6/c1-2-9-4-13-6-15-11(9)10(16-7-17-11)8(1)3-12-5-14-10/h8-9H,1-7H2/t8-,9+,10-,11+. The van der Waals surface area contributed by atoms with Gasteiger partial charge in [0.05, 0.1) is 13.2 Å². The van der Waals surface area contributed by atoms with E-state index in [1.165, 1.54) is 0 Å². The molecule has 17 heavy (non-hydrogen) atoms. The predicted molar refractivity (Wildman–Crippen MR) is 52.5 cm³/mol. The zero-order chi connectivity index (χ0) is 11.3. The number of ether oxygens (including phenoxy) is 6. The molecular formula is C11H16O6. The Bertz CT molecular complexity index is 293. The Morgan fingerprint density at radius 1 is 0.647 bits per heavy atom. The van der Waals surface area contributed by atoms with Crippen LogP contribution in [0.5, 0.6) is 0 Å². The van der Waals surface area contributed by atoms with Gasteiger partial charge in [-0.15, -0.1) is 0 Å². The van der Waals surface area contributed by atoms with Gasteiger partial charge in [0, 0.05) is 11.8 Å². The molecule has 4 aliphatic rings. The first kappa shape index (κ1) is 10.7. The van der Waals surface area contributed by atoms with Gasteiger partial charge in [0.2, 0.25) is 11.6 Å². The smallest absolute Gasteiger partial charge is 0.233 e. The van der Waals surface area contributed by atoms with Crippen molar-refractivity contribution < 1.29 is 28.4 Å². The molecule has 0 aromatic carbocycles. The highest BCUT2D eigenvalue weighted by Crippen LogP contribution is 2.56. The van der Waals surface area contributed by atoms with Gasteiger partial charge >= 0.3 is 0 Å². The summed E-state index contributed by atoms with van der Waals surface area (Å²) in [5, 5.41) is 0. The fourth-order valence-electron chi connectivity index (χ4n) is 3.54. The van der Waals surface area contributed by atoms with Crippen LogP contribution >= 0.6 is 0 Å². The summed E-state index contributed by atoms with van der Waals surface area (Å²) in [4.78, 5) is 0. The Hall–Kier alpha value is -0.240. The van der Waals surface area contributed by atoms with Crippen molar-refractivity contribution in [1.82, 2.24) is 0 Å². The van der Waals surface area contributed by atoms with Gasteiger partial charge in [-0.05, 0) is 12.8 Å². The molecule has 6 nitrogen and oxygen atoms in total. The van der Waals surface area contributed by atoms with Crippen LogP contribution in [0.4, 0.5) is 0 Å². The molecule has 1 saturated carbocycles. The Morgan fingerprint density at radius 2 is 1.12 bits per heavy atom. The Morgan fingerprint density at radius 3 is 1.65 bits per heavy atom. The molecule has 4 rings (SSSR count). The van der Waals surface area contributed by atoms with E-state index in [9.17, 15) is 0 Å². The summed E-state index contributed by atoms with van der Waals surface area (Å²) in [5.74, 6) is -1.24. The molecule has 3 aliphatic heterocycles. The Kier molecular flexibility index (Phi) is 2.28. The quantitative estimate of drug-likeness (QED) is 0.615. The van der Waals surface area contributed by atoms with Crippen LogP contribution in [0.3, 0.4) is 0 Å². The second kappa shape index (κ2) is 3.63. The molecule has 0 amide bonds. The van der Waals surface area contributed by atoms with Crippen LogP contribution in [-0.2, 0) is 28.4 Å². The van der Waals surface area contributed by atoms with E-state index in [2.05, 4.69) is 0 Å². The van der Waals surface area contributed by atoms with Gasteiger partial charge in [0.25, 0.3) is 0 Å². The van der Waals surface area contributed by atoms with Gasteiger partial charge in [0.15, 0.2) is 6.79 Å². The van der Waals surface area contributed by atoms with Crippen molar-refractivity contribution >= 4 is 0 Å². The highest BCUT2D eigenvalue weighted by atomic mass is 16.9. The van der Waals surface area contributed by atoms with Crippen LogP contribution < -0.4 is 0 Å². The highest BCUT2D eigenvalue weighted by molar-refractivity contribution is 5.06. The number of hydrogen-bond acceptors (Lipinski definition) is 6. The van der Waals surface area contributed by atoms with Crippen molar-refractivity contribution in [2.45, 2.75) is 24.4 Å². The number of rotatable bonds is 0. The molecule has 6 heteroatoms. The van der Waals surface area contributed by atoms with E-state index in [4.69, 9.17) is 28.4 Å². The molecule has 2 spiro atoms. The fraction of sp³-hybridized carbons (Fsp3) is 1.00. The summed E-state index contributed by atoms with van der Waals surface area (Å²) in [7, 11) is 0. The second-order valence-electron chi connectivity index (χ2n) is 4.98. The van der Waals surface area contributed by atoms with Crippen LogP contribution in [0.15, 0.2) is 0 Å². The minimum atomic E-state index is -0.794. The summed E-state index contributed by atoms with van der Waals surface area (Å²) in [6.07, 6.45) is 1.98. The third kappa shape index (κ3) is 1.21. The van der Waals surface area contributed by atoms with E-state index in [1.54, 1.807) is 0 Å². The lowest BCUT2D eigenvalue weighted by atomic mass is 9.72. The molecule has 0 bridgehead atoms. The third-order valence-electron chi connectivity index (χ3n) is 4.32. The van der Waals surface area contributed by atoms with Gasteiger partial charge in [-0.3, -0.25) is 0 Å². The summed E-state index contributed by atoms with van der Waals surface area (Å²) in [6.45, 7) is 1.97. The van der Waals surface area contributed by atoms with Crippen molar-refractivity contribution in [3.63, 3.8) is 0 Å². The van der Waals surface area contributed by atoms with Crippen LogP contribution in [0, 0.1) is 11.8 Å². The highest BCUT2D eigenvalue weighted by Gasteiger charge is 2.72. The first-order valence-electron chi connectivity index (χ1n) is 6.09. The second-order valence-corrected chi connectivity index (χ2v) is 4.98. The van der Waals surface area contributed by atoms with E-state index in [0.29, 0.717) is 13.2 Å². The fourth-order valence-corrected chi connectivity index (χ4v) is 3.54. The largest absolute Gasteiger partial charge is 0.355 e. The molecular weight excluding hydrogens is 228 g/mol. The monoisotopic (exact) mass is 244 g/mol. The molecule has 4 fully saturated rings. The van der Waals surface area contributed by atoms with Crippen LogP contribution in [0.2, 0.25) is 0 Å². The molecule has 3 heterocycles. The first-order chi connectivity index (χ1) is 8.37. The average molecular weight is 244 g/mol. The van der Waals surface area contributed by atoms with Gasteiger partial charge in [-0.25, -0.2) is 0 Å². The van der Waals surface area contributed by atoms with Crippen molar-refractivity contribution in [2.75, 3.05) is 33.6 Å². The van der Waals surface area contributed by atoms with Crippen LogP contribution in [-0.4, -0.2) is 45.2 Å². The summed E-state index contributed by atoms with van der Waals surface area (Å²) in [5.41, 5.74) is 0. The molecule has 0 radical (unpaired) electrons. The maximum absolute atomic E-state index is 5.80. The van der Waals surface area contributed by atoms with E-state index >= 15 is 0 Å². The van der Waals surface area contributed by atoms with E-state index in [-0.39, 0.29) is 32.2 Å².